The molecule has 1 rings (SSSR count). The van der Waals surface area contributed by atoms with Gasteiger partial charge >= 0.3 is 12.5 Å². The van der Waals surface area contributed by atoms with Gasteiger partial charge in [0.05, 0.1) is 0 Å². The first-order chi connectivity index (χ1) is 8.79. The zero-order chi connectivity index (χ0) is 14.6. The molecule has 0 aromatic heterocycles. The summed E-state index contributed by atoms with van der Waals surface area (Å²) in [6, 6.07) is 5.21. The molecule has 0 aliphatic heterocycles. The van der Waals surface area contributed by atoms with E-state index in [2.05, 4.69) is 4.74 Å². The lowest BCUT2D eigenvalue weighted by Gasteiger charge is -2.24. The van der Waals surface area contributed by atoms with E-state index >= 15 is 0 Å². The lowest BCUT2D eigenvalue weighted by Crippen LogP contribution is -2.34. The number of nitrogens with two attached hydrogens (primary N) is 1. The minimum Gasteiger partial charge on any atom is -0.428 e. The number of ether oxygens (including phenoxy) is 1. The highest BCUT2D eigenvalue weighted by molar-refractivity contribution is 5.36. The fraction of sp³-hybridized carbons (Fsp3) is 0.538. The molecule has 2 atom stereocenters. The van der Waals surface area contributed by atoms with E-state index in [0.29, 0.717) is 5.56 Å². The van der Waals surface area contributed by atoms with Gasteiger partial charge in [-0.1, -0.05) is 38.5 Å². The standard InChI is InChI=1S/C13H17F4NO/c1-3-8(2)11(18)9-6-4-5-7-10(9)19-13(16,17)12(14)15/h4-8,11-12H,3,18H2,1-2H3/t8?,11-/m0/s1. The fourth-order valence-electron chi connectivity index (χ4n) is 1.60. The summed E-state index contributed by atoms with van der Waals surface area (Å²) in [5, 5.41) is 0. The highest BCUT2D eigenvalue weighted by Gasteiger charge is 2.44. The number of alkyl halides is 4. The maximum absolute atomic E-state index is 12.9. The molecule has 0 fully saturated rings. The molecule has 1 aromatic rings. The monoisotopic (exact) mass is 279 g/mol. The molecular weight excluding hydrogens is 262 g/mol. The van der Waals surface area contributed by atoms with E-state index in [4.69, 9.17) is 5.73 Å². The summed E-state index contributed by atoms with van der Waals surface area (Å²) >= 11 is 0. The third kappa shape index (κ3) is 3.83. The highest BCUT2D eigenvalue weighted by atomic mass is 19.3. The maximum atomic E-state index is 12.9. The predicted molar refractivity (Wildman–Crippen MR) is 64.4 cm³/mol. The fourth-order valence-corrected chi connectivity index (χ4v) is 1.60. The van der Waals surface area contributed by atoms with Gasteiger partial charge in [0.25, 0.3) is 0 Å². The Hall–Kier alpha value is -1.30. The van der Waals surface area contributed by atoms with Crippen LogP contribution >= 0.6 is 0 Å². The van der Waals surface area contributed by atoms with Crippen LogP contribution in [0.1, 0.15) is 31.9 Å². The van der Waals surface area contributed by atoms with Crippen molar-refractivity contribution >= 4 is 0 Å². The van der Waals surface area contributed by atoms with Crippen LogP contribution < -0.4 is 10.5 Å². The number of rotatable bonds is 6. The Balaban J connectivity index is 3.03. The SMILES string of the molecule is CCC(C)[C@H](N)c1ccccc1OC(F)(F)C(F)F. The summed E-state index contributed by atoms with van der Waals surface area (Å²) in [5.41, 5.74) is 6.24. The lowest BCUT2D eigenvalue weighted by atomic mass is 9.93. The van der Waals surface area contributed by atoms with Crippen LogP contribution in [0.3, 0.4) is 0 Å². The Morgan fingerprint density at radius 2 is 1.84 bits per heavy atom. The highest BCUT2D eigenvalue weighted by Crippen LogP contribution is 2.34. The number of hydrogen-bond acceptors (Lipinski definition) is 2. The second-order valence-electron chi connectivity index (χ2n) is 4.41. The van der Waals surface area contributed by atoms with Crippen LogP contribution in [0, 0.1) is 5.92 Å². The molecule has 2 nitrogen and oxygen atoms in total. The van der Waals surface area contributed by atoms with Crippen molar-refractivity contribution in [1.29, 1.82) is 0 Å². The van der Waals surface area contributed by atoms with Gasteiger partial charge in [0.15, 0.2) is 0 Å². The van der Waals surface area contributed by atoms with E-state index in [0.717, 1.165) is 6.42 Å². The van der Waals surface area contributed by atoms with Crippen molar-refractivity contribution in [1.82, 2.24) is 0 Å². The largest absolute Gasteiger partial charge is 0.461 e. The van der Waals surface area contributed by atoms with Gasteiger partial charge in [0, 0.05) is 11.6 Å². The van der Waals surface area contributed by atoms with E-state index in [9.17, 15) is 17.6 Å². The van der Waals surface area contributed by atoms with Crippen molar-refractivity contribution in [3.05, 3.63) is 29.8 Å². The zero-order valence-corrected chi connectivity index (χ0v) is 10.7. The van der Waals surface area contributed by atoms with Crippen LogP contribution in [0.25, 0.3) is 0 Å². The minimum absolute atomic E-state index is 0.0184. The molecule has 0 radical (unpaired) electrons. The molecular formula is C13H17F4NO. The first-order valence-corrected chi connectivity index (χ1v) is 5.99. The number of para-hydroxylation sites is 1. The molecule has 0 heterocycles. The summed E-state index contributed by atoms with van der Waals surface area (Å²) in [7, 11) is 0. The van der Waals surface area contributed by atoms with Gasteiger partial charge < -0.3 is 10.5 Å². The Bertz CT molecular complexity index is 411. The Morgan fingerprint density at radius 3 is 2.37 bits per heavy atom. The molecule has 0 amide bonds. The van der Waals surface area contributed by atoms with Gasteiger partial charge in [0.2, 0.25) is 0 Å². The quantitative estimate of drug-likeness (QED) is 0.800. The lowest BCUT2D eigenvalue weighted by molar-refractivity contribution is -0.253. The van der Waals surface area contributed by atoms with Gasteiger partial charge in [0.1, 0.15) is 5.75 Å². The molecule has 0 bridgehead atoms. The molecule has 19 heavy (non-hydrogen) atoms. The van der Waals surface area contributed by atoms with E-state index in [1.54, 1.807) is 6.07 Å². The summed E-state index contributed by atoms with van der Waals surface area (Å²) in [5.74, 6) is -0.287. The summed E-state index contributed by atoms with van der Waals surface area (Å²) in [6.45, 7) is 3.76. The predicted octanol–water partition coefficient (Wildman–Crippen LogP) is 3.97. The summed E-state index contributed by atoms with van der Waals surface area (Å²) < 4.78 is 54.3. The average molecular weight is 279 g/mol. The van der Waals surface area contributed by atoms with Crippen LogP contribution in [0.5, 0.6) is 5.75 Å². The van der Waals surface area contributed by atoms with E-state index in [1.165, 1.54) is 18.2 Å². The molecule has 1 aromatic carbocycles. The van der Waals surface area contributed by atoms with Crippen LogP contribution in [0.15, 0.2) is 24.3 Å². The summed E-state index contributed by atoms with van der Waals surface area (Å²) in [4.78, 5) is 0. The van der Waals surface area contributed by atoms with Crippen molar-refractivity contribution < 1.29 is 22.3 Å². The van der Waals surface area contributed by atoms with Crippen LogP contribution in [-0.2, 0) is 0 Å². The van der Waals surface area contributed by atoms with Crippen molar-refractivity contribution in [3.63, 3.8) is 0 Å². The molecule has 1 unspecified atom stereocenters. The molecule has 6 heteroatoms. The van der Waals surface area contributed by atoms with Gasteiger partial charge in [-0.05, 0) is 12.0 Å². The second-order valence-corrected chi connectivity index (χ2v) is 4.41. The normalized spacial score (nSPS) is 15.4. The smallest absolute Gasteiger partial charge is 0.428 e. The maximum Gasteiger partial charge on any atom is 0.461 e. The van der Waals surface area contributed by atoms with Crippen molar-refractivity contribution in [2.24, 2.45) is 11.7 Å². The first-order valence-electron chi connectivity index (χ1n) is 5.99. The van der Waals surface area contributed by atoms with Gasteiger partial charge in [-0.25, -0.2) is 0 Å². The second kappa shape index (κ2) is 6.23. The molecule has 0 saturated heterocycles. The van der Waals surface area contributed by atoms with Crippen LogP contribution in [0.2, 0.25) is 0 Å². The Kier molecular flexibility index (Phi) is 5.17. The Labute approximate surface area is 109 Å². The van der Waals surface area contributed by atoms with Gasteiger partial charge in [-0.2, -0.15) is 17.6 Å². The van der Waals surface area contributed by atoms with Crippen LogP contribution in [-0.4, -0.2) is 12.5 Å². The number of hydrogen-bond donors (Lipinski definition) is 1. The van der Waals surface area contributed by atoms with Crippen molar-refractivity contribution in [2.45, 2.75) is 38.8 Å². The van der Waals surface area contributed by atoms with Crippen LogP contribution in [0.4, 0.5) is 17.6 Å². The number of benzene rings is 1. The third-order valence-electron chi connectivity index (χ3n) is 3.04. The zero-order valence-electron chi connectivity index (χ0n) is 10.7. The van der Waals surface area contributed by atoms with E-state index < -0.39 is 18.6 Å². The average Bonchev–Trinajstić information content (AvgIpc) is 2.37. The van der Waals surface area contributed by atoms with Crippen molar-refractivity contribution in [3.8, 4) is 5.75 Å². The van der Waals surface area contributed by atoms with E-state index in [1.807, 2.05) is 13.8 Å². The van der Waals surface area contributed by atoms with Gasteiger partial charge in [-0.15, -0.1) is 0 Å². The molecule has 0 spiro atoms. The molecule has 0 saturated carbocycles. The van der Waals surface area contributed by atoms with Gasteiger partial charge in [-0.3, -0.25) is 0 Å². The molecule has 2 N–H and O–H groups in total. The molecule has 0 aliphatic rings. The van der Waals surface area contributed by atoms with Crippen molar-refractivity contribution in [2.75, 3.05) is 0 Å². The summed E-state index contributed by atoms with van der Waals surface area (Å²) in [6.07, 6.45) is -7.67. The third-order valence-corrected chi connectivity index (χ3v) is 3.04. The molecule has 108 valence electrons. The molecule has 0 aliphatic carbocycles. The number of halogens is 4. The Morgan fingerprint density at radius 1 is 1.26 bits per heavy atom. The first kappa shape index (κ1) is 15.8. The topological polar surface area (TPSA) is 35.2 Å². The minimum atomic E-state index is -4.52. The van der Waals surface area contributed by atoms with E-state index in [-0.39, 0.29) is 11.7 Å².